The second-order valence-electron chi connectivity index (χ2n) is 15.0. The van der Waals surface area contributed by atoms with Crippen molar-refractivity contribution in [1.82, 2.24) is 35.1 Å². The van der Waals surface area contributed by atoms with Gasteiger partial charge in [0.1, 0.15) is 5.69 Å². The summed E-state index contributed by atoms with van der Waals surface area (Å²) in [5.41, 5.74) is 7.35. The minimum absolute atomic E-state index is 0.00573. The van der Waals surface area contributed by atoms with Crippen LogP contribution in [-0.2, 0) is 27.8 Å². The fourth-order valence-electron chi connectivity index (χ4n) is 8.23. The maximum atomic E-state index is 13.0. The summed E-state index contributed by atoms with van der Waals surface area (Å²) >= 11 is 1.48. The number of carbonyl (C=O) groups is 3. The normalized spacial score (nSPS) is 17.1. The van der Waals surface area contributed by atoms with Gasteiger partial charge in [-0.3, -0.25) is 34.5 Å². The molecule has 14 heteroatoms. The van der Waals surface area contributed by atoms with Crippen LogP contribution in [0.2, 0.25) is 0 Å². The molecule has 13 nitrogen and oxygen atoms in total. The number of aryl methyl sites for hydroxylation is 3. The van der Waals surface area contributed by atoms with Crippen LogP contribution in [0.25, 0.3) is 32.4 Å². The Kier molecular flexibility index (Phi) is 10.0. The summed E-state index contributed by atoms with van der Waals surface area (Å²) in [4.78, 5) is 71.9. The van der Waals surface area contributed by atoms with Gasteiger partial charge in [-0.15, -0.1) is 11.3 Å². The molecule has 1 aromatic carbocycles. The molecular weight excluding hydrogens is 753 g/mol. The monoisotopic (exact) mass is 792 g/mol. The Morgan fingerprint density at radius 3 is 2.66 bits per heavy atom. The second kappa shape index (κ2) is 15.6. The molecule has 2 N–H and O–H groups in total. The molecule has 9 rings (SSSR count). The van der Waals surface area contributed by atoms with E-state index in [2.05, 4.69) is 49.5 Å². The van der Waals surface area contributed by atoms with Gasteiger partial charge in [-0.2, -0.15) is 0 Å². The molecular formula is C44H40N8O5S. The number of amides is 3. The number of thiophene rings is 1. The molecule has 58 heavy (non-hydrogen) atoms. The number of fused-ring (bicyclic) bond motifs is 3. The van der Waals surface area contributed by atoms with Crippen LogP contribution in [-0.4, -0.2) is 68.5 Å². The van der Waals surface area contributed by atoms with Crippen molar-refractivity contribution in [1.29, 1.82) is 0 Å². The Bertz CT molecular complexity index is 2760. The van der Waals surface area contributed by atoms with E-state index in [0.29, 0.717) is 35.0 Å². The Balaban J connectivity index is 0.901. The maximum absolute atomic E-state index is 13.0. The second-order valence-corrected chi connectivity index (χ2v) is 16.1. The van der Waals surface area contributed by atoms with Crippen molar-refractivity contribution in [2.24, 2.45) is 7.05 Å². The number of aromatic nitrogens is 5. The zero-order valence-electron chi connectivity index (χ0n) is 32.1. The summed E-state index contributed by atoms with van der Waals surface area (Å²) in [6, 6.07) is 13.7. The molecule has 8 heterocycles. The smallest absolute Gasteiger partial charge is 0.270 e. The lowest BCUT2D eigenvalue weighted by Crippen LogP contribution is -2.39. The first kappa shape index (κ1) is 37.3. The highest BCUT2D eigenvalue weighted by Crippen LogP contribution is 2.41. The van der Waals surface area contributed by atoms with Gasteiger partial charge in [-0.25, -0.2) is 9.97 Å². The van der Waals surface area contributed by atoms with Gasteiger partial charge < -0.3 is 19.5 Å². The van der Waals surface area contributed by atoms with Crippen LogP contribution in [0, 0.1) is 18.8 Å². The average Bonchev–Trinajstić information content (AvgIpc) is 3.68. The van der Waals surface area contributed by atoms with E-state index < -0.39 is 5.92 Å². The van der Waals surface area contributed by atoms with Crippen molar-refractivity contribution < 1.29 is 19.1 Å². The SMILES string of the molecule is Cc1cc2c(N3CCCc4nc(-c5ccc(C(=O)NCC#Cc6cc7c(C8CCC(=O)NC8=O)nccc7s6)nc5)ncc43)cc(C3CCOCC3)cc2n(C)c1=O. The Morgan fingerprint density at radius 2 is 1.84 bits per heavy atom. The predicted octanol–water partition coefficient (Wildman–Crippen LogP) is 5.59. The van der Waals surface area contributed by atoms with Crippen molar-refractivity contribution in [3.8, 4) is 23.2 Å². The summed E-state index contributed by atoms with van der Waals surface area (Å²) in [5.74, 6) is 5.57. The summed E-state index contributed by atoms with van der Waals surface area (Å²) in [6.07, 6.45) is 9.45. The molecule has 0 aliphatic carbocycles. The summed E-state index contributed by atoms with van der Waals surface area (Å²) in [5, 5.41) is 7.08. The van der Waals surface area contributed by atoms with Gasteiger partial charge in [0.15, 0.2) is 5.82 Å². The molecule has 3 aliphatic rings. The molecule has 1 unspecified atom stereocenters. The topological polar surface area (TPSA) is 161 Å². The summed E-state index contributed by atoms with van der Waals surface area (Å²) < 4.78 is 8.37. The molecule has 1 atom stereocenters. The number of benzene rings is 1. The largest absolute Gasteiger partial charge is 0.381 e. The van der Waals surface area contributed by atoms with Crippen LogP contribution in [0.1, 0.15) is 81.8 Å². The quantitative estimate of drug-likeness (QED) is 0.161. The van der Waals surface area contributed by atoms with Crippen LogP contribution in [0.3, 0.4) is 0 Å². The fourth-order valence-corrected chi connectivity index (χ4v) is 9.17. The van der Waals surface area contributed by atoms with Gasteiger partial charge in [-0.05, 0) is 93.0 Å². The lowest BCUT2D eigenvalue weighted by Gasteiger charge is -2.33. The third-order valence-electron chi connectivity index (χ3n) is 11.3. The van der Waals surface area contributed by atoms with E-state index in [1.807, 2.05) is 38.4 Å². The Morgan fingerprint density at radius 1 is 0.983 bits per heavy atom. The number of piperidine rings is 1. The van der Waals surface area contributed by atoms with E-state index in [1.165, 1.54) is 16.9 Å². The van der Waals surface area contributed by atoms with E-state index in [0.717, 1.165) is 88.4 Å². The third kappa shape index (κ3) is 7.12. The number of anilines is 2. The van der Waals surface area contributed by atoms with E-state index >= 15 is 0 Å². The first-order valence-corrected chi connectivity index (χ1v) is 20.3. The van der Waals surface area contributed by atoms with Gasteiger partial charge in [-0.1, -0.05) is 11.8 Å². The number of nitrogens with one attached hydrogen (secondary N) is 2. The summed E-state index contributed by atoms with van der Waals surface area (Å²) in [7, 11) is 1.85. The van der Waals surface area contributed by atoms with Crippen molar-refractivity contribution >= 4 is 61.4 Å². The molecule has 2 saturated heterocycles. The van der Waals surface area contributed by atoms with Crippen molar-refractivity contribution in [3.05, 3.63) is 104 Å². The van der Waals surface area contributed by atoms with E-state index in [-0.39, 0.29) is 41.9 Å². The molecule has 3 aliphatic heterocycles. The van der Waals surface area contributed by atoms with Gasteiger partial charge >= 0.3 is 0 Å². The van der Waals surface area contributed by atoms with Crippen LogP contribution >= 0.6 is 11.3 Å². The van der Waals surface area contributed by atoms with E-state index in [9.17, 15) is 19.2 Å². The lowest BCUT2D eigenvalue weighted by atomic mass is 9.89. The number of pyridine rings is 3. The van der Waals surface area contributed by atoms with E-state index in [1.54, 1.807) is 29.1 Å². The predicted molar refractivity (Wildman–Crippen MR) is 221 cm³/mol. The number of ether oxygens (including phenoxy) is 1. The number of carbonyl (C=O) groups excluding carboxylic acids is 3. The van der Waals surface area contributed by atoms with Crippen molar-refractivity contribution in [2.75, 3.05) is 31.2 Å². The van der Waals surface area contributed by atoms with Gasteiger partial charge in [0.05, 0.1) is 51.8 Å². The van der Waals surface area contributed by atoms with Crippen LogP contribution < -0.4 is 21.1 Å². The van der Waals surface area contributed by atoms with Crippen molar-refractivity contribution in [2.45, 2.75) is 57.3 Å². The Labute approximate surface area is 337 Å². The molecule has 6 aromatic rings. The number of nitrogens with zero attached hydrogens (tertiary/aromatic N) is 6. The first-order valence-electron chi connectivity index (χ1n) is 19.5. The van der Waals surface area contributed by atoms with Crippen LogP contribution in [0.5, 0.6) is 0 Å². The lowest BCUT2D eigenvalue weighted by molar-refractivity contribution is -0.134. The minimum atomic E-state index is -0.486. The fraction of sp³-hybridized carbons (Fsp3) is 0.318. The highest BCUT2D eigenvalue weighted by Gasteiger charge is 2.31. The zero-order valence-corrected chi connectivity index (χ0v) is 32.9. The minimum Gasteiger partial charge on any atom is -0.381 e. The number of hydrogen-bond donors (Lipinski definition) is 2. The first-order chi connectivity index (χ1) is 28.2. The zero-order chi connectivity index (χ0) is 39.9. The van der Waals surface area contributed by atoms with Crippen LogP contribution in [0.4, 0.5) is 11.4 Å². The Hall–Kier alpha value is -6.30. The third-order valence-corrected chi connectivity index (χ3v) is 12.3. The van der Waals surface area contributed by atoms with E-state index in [4.69, 9.17) is 14.7 Å². The standard InChI is InChI=1S/C44H40N8O5S/c1-25-19-31-35(51(2)44(25)56)20-28(26-12-17-57-18-13-26)21-36(31)52-16-4-6-33-37(52)24-48-41(49-33)27-7-9-34(47-23-27)43(55)46-14-3-5-29-22-32-38(58-29)11-15-45-40(32)30-8-10-39(53)50-42(30)54/h7,9,11,15,19-24,26,30H,4,6,8,10,12-14,16-18H2,1-2H3,(H,46,55)(H,50,53,54). The van der Waals surface area contributed by atoms with Crippen LogP contribution in [0.15, 0.2) is 65.8 Å². The molecule has 3 amide bonds. The van der Waals surface area contributed by atoms with Gasteiger partial charge in [0.25, 0.3) is 11.5 Å². The van der Waals surface area contributed by atoms with Gasteiger partial charge in [0.2, 0.25) is 11.8 Å². The molecule has 0 radical (unpaired) electrons. The molecule has 5 aromatic heterocycles. The average molecular weight is 793 g/mol. The number of hydrogen-bond acceptors (Lipinski definition) is 11. The maximum Gasteiger partial charge on any atom is 0.270 e. The molecule has 292 valence electrons. The number of rotatable bonds is 6. The van der Waals surface area contributed by atoms with Crippen molar-refractivity contribution in [3.63, 3.8) is 0 Å². The highest BCUT2D eigenvalue weighted by molar-refractivity contribution is 7.19. The molecule has 0 bridgehead atoms. The van der Waals surface area contributed by atoms with Gasteiger partial charge in [0, 0.05) is 72.2 Å². The summed E-state index contributed by atoms with van der Waals surface area (Å²) in [6.45, 7) is 4.24. The molecule has 2 fully saturated rings. The highest BCUT2D eigenvalue weighted by atomic mass is 32.1. The molecule has 0 saturated carbocycles. The number of imide groups is 1. The molecule has 0 spiro atoms.